The third-order valence-electron chi connectivity index (χ3n) is 6.52. The number of benzene rings is 1. The molecule has 1 aliphatic rings. The maximum Gasteiger partial charge on any atom is 0.251 e. The van der Waals surface area contributed by atoms with Crippen LogP contribution in [-0.4, -0.2) is 90.6 Å². The quantitative estimate of drug-likeness (QED) is 0.391. The number of piperazine rings is 1. The monoisotopic (exact) mass is 550 g/mol. The molecular formula is C26H33ClF2N6O3. The van der Waals surface area contributed by atoms with Crippen molar-refractivity contribution in [2.24, 2.45) is 0 Å². The Morgan fingerprint density at radius 2 is 1.89 bits per heavy atom. The Kier molecular flexibility index (Phi) is 9.14. The van der Waals surface area contributed by atoms with Crippen molar-refractivity contribution in [2.75, 3.05) is 57.8 Å². The van der Waals surface area contributed by atoms with Gasteiger partial charge in [0.05, 0.1) is 28.5 Å². The summed E-state index contributed by atoms with van der Waals surface area (Å²) in [7, 11) is 1.76. The van der Waals surface area contributed by atoms with Crippen LogP contribution in [0.15, 0.2) is 22.7 Å². The lowest BCUT2D eigenvalue weighted by Crippen LogP contribution is -2.48. The van der Waals surface area contributed by atoms with Crippen LogP contribution in [0.25, 0.3) is 22.6 Å². The van der Waals surface area contributed by atoms with Gasteiger partial charge in [-0.25, -0.2) is 18.7 Å². The lowest BCUT2D eigenvalue weighted by atomic mass is 10.0. The molecule has 1 atom stereocenters. The van der Waals surface area contributed by atoms with Gasteiger partial charge in [-0.3, -0.25) is 4.90 Å². The molecule has 0 bridgehead atoms. The van der Waals surface area contributed by atoms with Crippen LogP contribution in [0.5, 0.6) is 5.75 Å². The highest BCUT2D eigenvalue weighted by molar-refractivity contribution is 6.33. The number of nitrogens with one attached hydrogen (secondary N) is 1. The fourth-order valence-corrected chi connectivity index (χ4v) is 4.79. The molecule has 3 aromatic rings. The summed E-state index contributed by atoms with van der Waals surface area (Å²) in [5.41, 5.74) is 3.55. The number of likely N-dealkylation sites (N-methyl/N-ethyl adjacent to an activating group) is 1. The van der Waals surface area contributed by atoms with Crippen LogP contribution in [0.2, 0.25) is 5.02 Å². The van der Waals surface area contributed by atoms with Crippen LogP contribution in [0, 0.1) is 20.8 Å². The molecule has 1 saturated heterocycles. The topological polar surface area (TPSA) is 99.8 Å². The van der Waals surface area contributed by atoms with Crippen molar-refractivity contribution in [3.8, 4) is 28.4 Å². The van der Waals surface area contributed by atoms with E-state index in [4.69, 9.17) is 30.8 Å². The highest BCUT2D eigenvalue weighted by Gasteiger charge is 2.26. The smallest absolute Gasteiger partial charge is 0.251 e. The van der Waals surface area contributed by atoms with E-state index < -0.39 is 12.5 Å². The number of hydrogen-bond donors (Lipinski definition) is 2. The van der Waals surface area contributed by atoms with Crippen molar-refractivity contribution in [3.05, 3.63) is 40.2 Å². The van der Waals surface area contributed by atoms with E-state index >= 15 is 0 Å². The van der Waals surface area contributed by atoms with E-state index in [1.807, 2.05) is 20.8 Å². The molecule has 38 heavy (non-hydrogen) atoms. The molecular weight excluding hydrogens is 518 g/mol. The van der Waals surface area contributed by atoms with E-state index in [9.17, 15) is 13.9 Å². The van der Waals surface area contributed by atoms with Gasteiger partial charge in [-0.1, -0.05) is 16.8 Å². The molecule has 0 radical (unpaired) electrons. The molecule has 0 spiro atoms. The summed E-state index contributed by atoms with van der Waals surface area (Å²) in [6.07, 6.45) is -3.03. The van der Waals surface area contributed by atoms with Gasteiger partial charge in [0.1, 0.15) is 30.0 Å². The Morgan fingerprint density at radius 1 is 1.16 bits per heavy atom. The van der Waals surface area contributed by atoms with E-state index in [-0.39, 0.29) is 13.2 Å². The maximum absolute atomic E-state index is 12.9. The van der Waals surface area contributed by atoms with Crippen LogP contribution in [-0.2, 0) is 0 Å². The van der Waals surface area contributed by atoms with E-state index in [2.05, 4.69) is 15.4 Å². The van der Waals surface area contributed by atoms with Gasteiger partial charge in [-0.2, -0.15) is 0 Å². The first-order chi connectivity index (χ1) is 18.2. The second kappa shape index (κ2) is 12.3. The molecule has 0 aliphatic carbocycles. The number of alkyl halides is 2. The summed E-state index contributed by atoms with van der Waals surface area (Å²) in [6, 6.07) is 5.18. The van der Waals surface area contributed by atoms with E-state index in [0.717, 1.165) is 11.1 Å². The van der Waals surface area contributed by atoms with Crippen LogP contribution in [0.3, 0.4) is 0 Å². The molecule has 1 aliphatic heterocycles. The molecule has 0 unspecified atom stereocenters. The number of nitrogens with zero attached hydrogens (tertiary/aromatic N) is 5. The first-order valence-electron chi connectivity index (χ1n) is 12.5. The molecule has 0 saturated carbocycles. The van der Waals surface area contributed by atoms with Crippen molar-refractivity contribution in [2.45, 2.75) is 33.3 Å². The predicted octanol–water partition coefficient (Wildman–Crippen LogP) is 3.72. The number of aryl methyl sites for hydroxylation is 2. The van der Waals surface area contributed by atoms with Gasteiger partial charge in [0.2, 0.25) is 0 Å². The minimum Gasteiger partial charge on any atom is -0.491 e. The zero-order valence-electron chi connectivity index (χ0n) is 22.0. The van der Waals surface area contributed by atoms with E-state index in [0.29, 0.717) is 77.8 Å². The molecule has 2 aromatic heterocycles. The van der Waals surface area contributed by atoms with Crippen molar-refractivity contribution in [1.29, 1.82) is 0 Å². The predicted molar refractivity (Wildman–Crippen MR) is 142 cm³/mol. The van der Waals surface area contributed by atoms with Crippen molar-refractivity contribution < 1.29 is 23.1 Å². The average molecular weight is 551 g/mol. The Balaban J connectivity index is 1.74. The SMILES string of the molecule is CNC[C@@H](O)COc1ccc(Cl)c(-c2nc(-c3c(C)noc3C)c(C)c(N3CCN(CC(F)F)CC3)n2)c1. The Bertz CT molecular complexity index is 1230. The van der Waals surface area contributed by atoms with Gasteiger partial charge in [-0.15, -0.1) is 0 Å². The van der Waals surface area contributed by atoms with Gasteiger partial charge < -0.3 is 24.6 Å². The standard InChI is InChI=1S/C26H33ClF2N6O3/c1-15-24(23-16(2)33-38-17(23)3)31-25(32-26(15)35-9-7-34(8-10-35)13-22(28)29)20-11-19(5-6-21(20)27)37-14-18(36)12-30-4/h5-6,11,18,22,30,36H,7-10,12-14H2,1-4H3/t18-/m1/s1. The number of aromatic nitrogens is 3. The first-order valence-corrected chi connectivity index (χ1v) is 12.9. The molecule has 4 rings (SSSR count). The molecule has 1 fully saturated rings. The third-order valence-corrected chi connectivity index (χ3v) is 6.85. The summed E-state index contributed by atoms with van der Waals surface area (Å²) in [4.78, 5) is 13.7. The average Bonchev–Trinajstić information content (AvgIpc) is 3.22. The van der Waals surface area contributed by atoms with Crippen LogP contribution in [0.1, 0.15) is 17.0 Å². The number of halogens is 3. The molecule has 1 aromatic carbocycles. The second-order valence-electron chi connectivity index (χ2n) is 9.39. The van der Waals surface area contributed by atoms with Crippen LogP contribution >= 0.6 is 11.6 Å². The van der Waals surface area contributed by atoms with E-state index in [1.165, 1.54) is 0 Å². The van der Waals surface area contributed by atoms with Gasteiger partial charge in [-0.05, 0) is 46.0 Å². The summed E-state index contributed by atoms with van der Waals surface area (Å²) in [5, 5.41) is 17.5. The molecule has 12 heteroatoms. The highest BCUT2D eigenvalue weighted by Crippen LogP contribution is 2.37. The molecule has 206 valence electrons. The fraction of sp³-hybridized carbons (Fsp3) is 0.500. The number of anilines is 1. The number of ether oxygens (including phenoxy) is 1. The normalized spacial score (nSPS) is 15.3. The fourth-order valence-electron chi connectivity index (χ4n) is 4.59. The zero-order chi connectivity index (χ0) is 27.4. The molecule has 3 heterocycles. The van der Waals surface area contributed by atoms with Crippen LogP contribution < -0.4 is 15.0 Å². The first kappa shape index (κ1) is 28.2. The number of rotatable bonds is 10. The molecule has 0 amide bonds. The molecule has 2 N–H and O–H groups in total. The largest absolute Gasteiger partial charge is 0.491 e. The number of aliphatic hydroxyl groups excluding tert-OH is 1. The Hall–Kier alpha value is -2.86. The van der Waals surface area contributed by atoms with Gasteiger partial charge in [0.25, 0.3) is 6.43 Å². The summed E-state index contributed by atoms with van der Waals surface area (Å²) in [5.74, 6) is 2.24. The summed E-state index contributed by atoms with van der Waals surface area (Å²) in [6.45, 7) is 7.99. The molecule has 9 nitrogen and oxygen atoms in total. The minimum absolute atomic E-state index is 0.106. The van der Waals surface area contributed by atoms with Crippen molar-refractivity contribution in [1.82, 2.24) is 25.3 Å². The maximum atomic E-state index is 12.9. The minimum atomic E-state index is -2.36. The lowest BCUT2D eigenvalue weighted by molar-refractivity contribution is 0.0853. The van der Waals surface area contributed by atoms with Gasteiger partial charge >= 0.3 is 0 Å². The van der Waals surface area contributed by atoms with Gasteiger partial charge in [0.15, 0.2) is 5.82 Å². The van der Waals surface area contributed by atoms with Crippen LogP contribution in [0.4, 0.5) is 14.6 Å². The highest BCUT2D eigenvalue weighted by atomic mass is 35.5. The van der Waals surface area contributed by atoms with Crippen molar-refractivity contribution in [3.63, 3.8) is 0 Å². The number of hydrogen-bond acceptors (Lipinski definition) is 9. The summed E-state index contributed by atoms with van der Waals surface area (Å²) < 4.78 is 37.0. The second-order valence-corrected chi connectivity index (χ2v) is 9.79. The third kappa shape index (κ3) is 6.40. The summed E-state index contributed by atoms with van der Waals surface area (Å²) >= 11 is 6.61. The lowest BCUT2D eigenvalue weighted by Gasteiger charge is -2.36. The Labute approximate surface area is 225 Å². The van der Waals surface area contributed by atoms with Gasteiger partial charge in [0, 0.05) is 43.9 Å². The Morgan fingerprint density at radius 3 is 2.53 bits per heavy atom. The zero-order valence-corrected chi connectivity index (χ0v) is 22.7. The number of aliphatic hydroxyl groups is 1. The van der Waals surface area contributed by atoms with Crippen molar-refractivity contribution >= 4 is 17.4 Å². The van der Waals surface area contributed by atoms with E-state index in [1.54, 1.807) is 30.1 Å².